The van der Waals surface area contributed by atoms with E-state index in [1.807, 2.05) is 27.7 Å². The number of carbonyl (C=O) groups excluding carboxylic acids is 2. The van der Waals surface area contributed by atoms with Crippen LogP contribution >= 0.6 is 0 Å². The number of aliphatic hydroxyl groups excluding tert-OH is 1. The molecule has 1 fully saturated rings. The number of rotatable bonds is 10. The van der Waals surface area contributed by atoms with Gasteiger partial charge in [0.15, 0.2) is 0 Å². The Bertz CT molecular complexity index is 403. The second-order valence-corrected chi connectivity index (χ2v) is 7.82. The summed E-state index contributed by atoms with van der Waals surface area (Å²) in [6.07, 6.45) is 5.69. The van der Waals surface area contributed by atoms with Gasteiger partial charge in [0.1, 0.15) is 5.78 Å². The molecule has 1 saturated heterocycles. The first-order chi connectivity index (χ1) is 11.2. The minimum atomic E-state index is -0.442. The van der Waals surface area contributed by atoms with E-state index in [0.717, 1.165) is 25.7 Å². The van der Waals surface area contributed by atoms with E-state index >= 15 is 0 Å². The molecule has 0 radical (unpaired) electrons. The van der Waals surface area contributed by atoms with Gasteiger partial charge in [-0.1, -0.05) is 19.8 Å². The molecule has 24 heavy (non-hydrogen) atoms. The van der Waals surface area contributed by atoms with Gasteiger partial charge in [-0.2, -0.15) is 0 Å². The van der Waals surface area contributed by atoms with Gasteiger partial charge in [-0.25, -0.2) is 0 Å². The highest BCUT2D eigenvalue weighted by Gasteiger charge is 2.34. The predicted octanol–water partition coefficient (Wildman–Crippen LogP) is 3.08. The molecule has 1 aliphatic heterocycles. The lowest BCUT2D eigenvalue weighted by atomic mass is 10.1. The number of aliphatic hydroxyl groups is 1. The van der Waals surface area contributed by atoms with Crippen molar-refractivity contribution >= 4 is 11.7 Å². The first-order valence-electron chi connectivity index (χ1n) is 9.36. The van der Waals surface area contributed by atoms with Crippen molar-refractivity contribution in [2.24, 2.45) is 0 Å². The maximum atomic E-state index is 12.4. The Balaban J connectivity index is 2.27. The lowest BCUT2D eigenvalue weighted by Crippen LogP contribution is -2.40. The van der Waals surface area contributed by atoms with E-state index in [-0.39, 0.29) is 17.6 Å². The van der Waals surface area contributed by atoms with Crippen molar-refractivity contribution in [3.8, 4) is 0 Å². The van der Waals surface area contributed by atoms with Crippen molar-refractivity contribution in [1.82, 2.24) is 4.90 Å². The van der Waals surface area contributed by atoms with Crippen molar-refractivity contribution in [2.45, 2.75) is 96.8 Å². The molecule has 5 heteroatoms. The van der Waals surface area contributed by atoms with Gasteiger partial charge in [-0.3, -0.25) is 9.59 Å². The fraction of sp³-hybridized carbons (Fsp3) is 0.895. The minimum Gasteiger partial charge on any atom is -0.391 e. The van der Waals surface area contributed by atoms with E-state index < -0.39 is 6.10 Å². The summed E-state index contributed by atoms with van der Waals surface area (Å²) in [6.45, 7) is 8.77. The van der Waals surface area contributed by atoms with Crippen LogP contribution in [0, 0.1) is 0 Å². The molecule has 0 spiro atoms. The van der Waals surface area contributed by atoms with Gasteiger partial charge in [0.05, 0.1) is 24.4 Å². The summed E-state index contributed by atoms with van der Waals surface area (Å²) in [7, 11) is 0. The third-order valence-electron chi connectivity index (χ3n) is 4.41. The van der Waals surface area contributed by atoms with Crippen LogP contribution in [-0.2, 0) is 14.3 Å². The Morgan fingerprint density at radius 3 is 2.33 bits per heavy atom. The lowest BCUT2D eigenvalue weighted by molar-refractivity contribution is -0.134. The van der Waals surface area contributed by atoms with E-state index in [4.69, 9.17) is 4.74 Å². The number of likely N-dealkylation sites (tertiary alicyclic amines) is 1. The molecule has 1 rings (SSSR count). The average Bonchev–Trinajstić information content (AvgIpc) is 2.88. The molecule has 1 amide bonds. The van der Waals surface area contributed by atoms with Gasteiger partial charge in [-0.15, -0.1) is 0 Å². The van der Waals surface area contributed by atoms with Crippen molar-refractivity contribution in [2.75, 3.05) is 13.2 Å². The van der Waals surface area contributed by atoms with Crippen molar-refractivity contribution < 1.29 is 19.4 Å². The highest BCUT2D eigenvalue weighted by molar-refractivity contribution is 5.78. The van der Waals surface area contributed by atoms with E-state index in [9.17, 15) is 14.7 Å². The predicted molar refractivity (Wildman–Crippen MR) is 94.8 cm³/mol. The Morgan fingerprint density at radius 2 is 1.75 bits per heavy atom. The monoisotopic (exact) mass is 341 g/mol. The smallest absolute Gasteiger partial charge is 0.222 e. The number of ether oxygens (including phenoxy) is 1. The summed E-state index contributed by atoms with van der Waals surface area (Å²) in [4.78, 5) is 25.4. The highest BCUT2D eigenvalue weighted by Crippen LogP contribution is 2.22. The van der Waals surface area contributed by atoms with E-state index in [1.54, 1.807) is 4.90 Å². The van der Waals surface area contributed by atoms with Crippen LogP contribution in [0.4, 0.5) is 0 Å². The second kappa shape index (κ2) is 10.1. The fourth-order valence-electron chi connectivity index (χ4n) is 2.97. The number of hydrogen-bond acceptors (Lipinski definition) is 4. The van der Waals surface area contributed by atoms with Crippen LogP contribution in [0.2, 0.25) is 0 Å². The van der Waals surface area contributed by atoms with E-state index in [0.29, 0.717) is 44.6 Å². The summed E-state index contributed by atoms with van der Waals surface area (Å²) < 4.78 is 5.80. The molecule has 2 atom stereocenters. The Kier molecular flexibility index (Phi) is 8.92. The first-order valence-corrected chi connectivity index (χ1v) is 9.36. The van der Waals surface area contributed by atoms with Crippen LogP contribution in [0.3, 0.4) is 0 Å². The summed E-state index contributed by atoms with van der Waals surface area (Å²) >= 11 is 0. The zero-order valence-electron chi connectivity index (χ0n) is 15.8. The summed E-state index contributed by atoms with van der Waals surface area (Å²) in [5.41, 5.74) is -0.238. The molecular formula is C19H35NO4. The summed E-state index contributed by atoms with van der Waals surface area (Å²) in [5.74, 6) is 0.428. The number of ketones is 1. The SMILES string of the molecule is CCC(=O)CCCCCCC(=O)N1C[C@H](O)C[C@H]1COC(C)(C)C. The van der Waals surface area contributed by atoms with Crippen LogP contribution in [-0.4, -0.2) is 52.6 Å². The molecule has 0 aromatic carbocycles. The molecule has 1 N–H and O–H groups in total. The number of hydrogen-bond donors (Lipinski definition) is 1. The van der Waals surface area contributed by atoms with E-state index in [2.05, 4.69) is 0 Å². The molecule has 0 saturated carbocycles. The van der Waals surface area contributed by atoms with Gasteiger partial charge >= 0.3 is 0 Å². The third-order valence-corrected chi connectivity index (χ3v) is 4.41. The van der Waals surface area contributed by atoms with E-state index in [1.165, 1.54) is 0 Å². The van der Waals surface area contributed by atoms with Crippen LogP contribution in [0.25, 0.3) is 0 Å². The van der Waals surface area contributed by atoms with Crippen molar-refractivity contribution in [3.63, 3.8) is 0 Å². The molecule has 0 unspecified atom stereocenters. The quantitative estimate of drug-likeness (QED) is 0.620. The van der Waals surface area contributed by atoms with Crippen molar-refractivity contribution in [1.29, 1.82) is 0 Å². The second-order valence-electron chi connectivity index (χ2n) is 7.82. The minimum absolute atomic E-state index is 0.0195. The molecule has 1 heterocycles. The third kappa shape index (κ3) is 8.25. The average molecular weight is 341 g/mol. The zero-order valence-corrected chi connectivity index (χ0v) is 15.8. The lowest BCUT2D eigenvalue weighted by Gasteiger charge is -2.28. The van der Waals surface area contributed by atoms with Crippen LogP contribution < -0.4 is 0 Å². The molecule has 5 nitrogen and oxygen atoms in total. The Hall–Kier alpha value is -0.940. The molecular weight excluding hydrogens is 306 g/mol. The Morgan fingerprint density at radius 1 is 1.12 bits per heavy atom. The standard InChI is InChI=1S/C19H35NO4/c1-5-16(21)10-8-6-7-9-11-18(23)20-13-17(22)12-15(20)14-24-19(2,3)4/h15,17,22H,5-14H2,1-4H3/t15-,17+/m0/s1. The molecule has 0 aromatic rings. The molecule has 140 valence electrons. The summed E-state index contributed by atoms with van der Waals surface area (Å²) in [6, 6.07) is -0.0195. The van der Waals surface area contributed by atoms with Gasteiger partial charge in [-0.05, 0) is 40.0 Å². The summed E-state index contributed by atoms with van der Waals surface area (Å²) in [5, 5.41) is 9.88. The first kappa shape index (κ1) is 21.1. The molecule has 0 aromatic heterocycles. The van der Waals surface area contributed by atoms with Gasteiger partial charge in [0.2, 0.25) is 5.91 Å². The van der Waals surface area contributed by atoms with Crippen LogP contribution in [0.1, 0.15) is 79.1 Å². The van der Waals surface area contributed by atoms with Crippen LogP contribution in [0.15, 0.2) is 0 Å². The Labute approximate surface area is 146 Å². The van der Waals surface area contributed by atoms with Crippen molar-refractivity contribution in [3.05, 3.63) is 0 Å². The number of nitrogens with zero attached hydrogens (tertiary/aromatic N) is 1. The fourth-order valence-corrected chi connectivity index (χ4v) is 2.97. The maximum absolute atomic E-state index is 12.4. The number of amides is 1. The maximum Gasteiger partial charge on any atom is 0.222 e. The molecule has 1 aliphatic rings. The number of Topliss-reactive ketones (excluding diaryl/α,β-unsaturated/α-hetero) is 1. The molecule has 0 aliphatic carbocycles. The largest absolute Gasteiger partial charge is 0.391 e. The van der Waals surface area contributed by atoms with Gasteiger partial charge < -0.3 is 14.7 Å². The molecule has 0 bridgehead atoms. The van der Waals surface area contributed by atoms with Gasteiger partial charge in [0.25, 0.3) is 0 Å². The highest BCUT2D eigenvalue weighted by atomic mass is 16.5. The van der Waals surface area contributed by atoms with Crippen LogP contribution in [0.5, 0.6) is 0 Å². The van der Waals surface area contributed by atoms with Gasteiger partial charge in [0, 0.05) is 25.8 Å². The number of unbranched alkanes of at least 4 members (excludes halogenated alkanes) is 3. The number of β-amino-alcohol motifs (C(OH)–C–C–N with tert-alkyl or cyclic N) is 1. The zero-order chi connectivity index (χ0) is 18.2. The number of carbonyl (C=O) groups is 2. The normalized spacial score (nSPS) is 21.3. The topological polar surface area (TPSA) is 66.8 Å².